The Bertz CT molecular complexity index is 731. The zero-order chi connectivity index (χ0) is 14.1. The van der Waals surface area contributed by atoms with E-state index in [0.29, 0.717) is 0 Å². The van der Waals surface area contributed by atoms with Crippen LogP contribution in [0, 0.1) is 0 Å². The van der Waals surface area contributed by atoms with Crippen LogP contribution >= 0.6 is 11.3 Å². The summed E-state index contributed by atoms with van der Waals surface area (Å²) in [5, 5.41) is 0. The monoisotopic (exact) mass is 283 g/mol. The summed E-state index contributed by atoms with van der Waals surface area (Å²) in [6.07, 6.45) is 1.05. The average Bonchev–Trinajstić information content (AvgIpc) is 2.96. The number of nitrogens with zero attached hydrogens (tertiary/aromatic N) is 2. The molecule has 0 saturated heterocycles. The van der Waals surface area contributed by atoms with Crippen molar-refractivity contribution in [3.05, 3.63) is 47.5 Å². The molecule has 1 heterocycles. The maximum atomic E-state index is 6.26. The quantitative estimate of drug-likeness (QED) is 0.732. The standard InChI is InChI=1S/C16H17N3S/c1-3-11-4-6-12(7-5-11)19(2)13-8-9-14-16(15(13)17)18-10-20-14/h4-10H,3,17H2,1-2H3. The normalized spacial score (nSPS) is 10.9. The lowest BCUT2D eigenvalue weighted by Gasteiger charge is -2.21. The Labute approximate surface area is 122 Å². The summed E-state index contributed by atoms with van der Waals surface area (Å²) in [5.74, 6) is 0. The highest BCUT2D eigenvalue weighted by Crippen LogP contribution is 2.35. The molecule has 102 valence electrons. The Balaban J connectivity index is 2.02. The molecule has 0 amide bonds. The SMILES string of the molecule is CCc1ccc(N(C)c2ccc3scnc3c2N)cc1. The largest absolute Gasteiger partial charge is 0.395 e. The first-order valence-corrected chi connectivity index (χ1v) is 7.53. The molecule has 0 fully saturated rings. The Morgan fingerprint density at radius 3 is 2.60 bits per heavy atom. The highest BCUT2D eigenvalue weighted by Gasteiger charge is 2.11. The number of rotatable bonds is 3. The van der Waals surface area contributed by atoms with Gasteiger partial charge in [-0.05, 0) is 36.2 Å². The maximum absolute atomic E-state index is 6.26. The minimum absolute atomic E-state index is 0.741. The van der Waals surface area contributed by atoms with Gasteiger partial charge in [-0.15, -0.1) is 11.3 Å². The number of nitrogens with two attached hydrogens (primary N) is 1. The molecular weight excluding hydrogens is 266 g/mol. The predicted octanol–water partition coefficient (Wildman–Crippen LogP) is 4.21. The highest BCUT2D eigenvalue weighted by molar-refractivity contribution is 7.16. The lowest BCUT2D eigenvalue weighted by atomic mass is 10.1. The number of aromatic nitrogens is 1. The van der Waals surface area contributed by atoms with Crippen LogP contribution in [0.2, 0.25) is 0 Å². The first kappa shape index (κ1) is 12.9. The van der Waals surface area contributed by atoms with E-state index in [1.165, 1.54) is 5.56 Å². The summed E-state index contributed by atoms with van der Waals surface area (Å²) < 4.78 is 1.13. The first-order chi connectivity index (χ1) is 9.70. The highest BCUT2D eigenvalue weighted by atomic mass is 32.1. The van der Waals surface area contributed by atoms with Crippen molar-refractivity contribution in [3.63, 3.8) is 0 Å². The number of hydrogen-bond donors (Lipinski definition) is 1. The maximum Gasteiger partial charge on any atom is 0.106 e. The molecule has 3 aromatic rings. The van der Waals surface area contributed by atoms with E-state index in [1.54, 1.807) is 11.3 Å². The molecule has 2 aromatic carbocycles. The van der Waals surface area contributed by atoms with Crippen LogP contribution in [0.15, 0.2) is 41.9 Å². The Hall–Kier alpha value is -2.07. The molecule has 0 bridgehead atoms. The predicted molar refractivity (Wildman–Crippen MR) is 87.9 cm³/mol. The van der Waals surface area contributed by atoms with Gasteiger partial charge < -0.3 is 10.6 Å². The van der Waals surface area contributed by atoms with Crippen molar-refractivity contribution < 1.29 is 0 Å². The molecule has 0 unspecified atom stereocenters. The second kappa shape index (κ2) is 5.13. The number of nitrogen functional groups attached to an aromatic ring is 1. The van der Waals surface area contributed by atoms with Gasteiger partial charge in [0.25, 0.3) is 0 Å². The van der Waals surface area contributed by atoms with E-state index in [9.17, 15) is 0 Å². The van der Waals surface area contributed by atoms with E-state index < -0.39 is 0 Å². The third-order valence-corrected chi connectivity index (χ3v) is 4.41. The fourth-order valence-electron chi connectivity index (χ4n) is 2.33. The fraction of sp³-hybridized carbons (Fsp3) is 0.188. The molecule has 1 aromatic heterocycles. The van der Waals surface area contributed by atoms with Gasteiger partial charge in [0.2, 0.25) is 0 Å². The van der Waals surface area contributed by atoms with Crippen molar-refractivity contribution in [2.75, 3.05) is 17.7 Å². The van der Waals surface area contributed by atoms with Gasteiger partial charge in [0, 0.05) is 12.7 Å². The van der Waals surface area contributed by atoms with Gasteiger partial charge in [0.05, 0.1) is 21.6 Å². The van der Waals surface area contributed by atoms with E-state index in [0.717, 1.165) is 33.7 Å². The second-order valence-electron chi connectivity index (χ2n) is 4.78. The van der Waals surface area contributed by atoms with Crippen LogP contribution in [0.1, 0.15) is 12.5 Å². The van der Waals surface area contributed by atoms with Gasteiger partial charge in [-0.3, -0.25) is 0 Å². The number of benzene rings is 2. The minimum atomic E-state index is 0.741. The molecule has 20 heavy (non-hydrogen) atoms. The summed E-state index contributed by atoms with van der Waals surface area (Å²) in [4.78, 5) is 6.45. The van der Waals surface area contributed by atoms with Gasteiger partial charge >= 0.3 is 0 Å². The lowest BCUT2D eigenvalue weighted by molar-refractivity contribution is 1.13. The van der Waals surface area contributed by atoms with Gasteiger partial charge in [-0.1, -0.05) is 19.1 Å². The molecule has 3 rings (SSSR count). The summed E-state index contributed by atoms with van der Waals surface area (Å²) in [5.41, 5.74) is 13.2. The van der Waals surface area contributed by atoms with Crippen molar-refractivity contribution in [2.45, 2.75) is 13.3 Å². The van der Waals surface area contributed by atoms with E-state index >= 15 is 0 Å². The van der Waals surface area contributed by atoms with Crippen LogP contribution < -0.4 is 10.6 Å². The van der Waals surface area contributed by atoms with Crippen molar-refractivity contribution in [1.29, 1.82) is 0 Å². The molecule has 4 heteroatoms. The third-order valence-electron chi connectivity index (χ3n) is 3.61. The zero-order valence-corrected chi connectivity index (χ0v) is 12.4. The van der Waals surface area contributed by atoms with Crippen LogP contribution in [-0.2, 0) is 6.42 Å². The van der Waals surface area contributed by atoms with Crippen LogP contribution in [0.25, 0.3) is 10.2 Å². The van der Waals surface area contributed by atoms with Crippen LogP contribution in [0.3, 0.4) is 0 Å². The number of aryl methyl sites for hydroxylation is 1. The Morgan fingerprint density at radius 2 is 1.90 bits per heavy atom. The fourth-order valence-corrected chi connectivity index (χ4v) is 3.02. The van der Waals surface area contributed by atoms with Gasteiger partial charge in [0.15, 0.2) is 0 Å². The van der Waals surface area contributed by atoms with E-state index in [1.807, 2.05) is 12.6 Å². The number of fused-ring (bicyclic) bond motifs is 1. The summed E-state index contributed by atoms with van der Waals surface area (Å²) in [6.45, 7) is 2.16. The van der Waals surface area contributed by atoms with E-state index in [4.69, 9.17) is 5.73 Å². The molecule has 0 atom stereocenters. The Morgan fingerprint density at radius 1 is 1.15 bits per heavy atom. The molecule has 0 aliphatic carbocycles. The minimum Gasteiger partial charge on any atom is -0.395 e. The van der Waals surface area contributed by atoms with Crippen LogP contribution in [0.5, 0.6) is 0 Å². The first-order valence-electron chi connectivity index (χ1n) is 6.65. The molecular formula is C16H17N3S. The summed E-state index contributed by atoms with van der Waals surface area (Å²) in [7, 11) is 2.03. The third kappa shape index (κ3) is 2.12. The number of thiazole rings is 1. The summed E-state index contributed by atoms with van der Waals surface area (Å²) >= 11 is 1.61. The van der Waals surface area contributed by atoms with Crippen LogP contribution in [0.4, 0.5) is 17.1 Å². The van der Waals surface area contributed by atoms with Crippen molar-refractivity contribution in [3.8, 4) is 0 Å². The van der Waals surface area contributed by atoms with E-state index in [2.05, 4.69) is 53.2 Å². The van der Waals surface area contributed by atoms with Crippen LogP contribution in [-0.4, -0.2) is 12.0 Å². The molecule has 0 radical (unpaired) electrons. The van der Waals surface area contributed by atoms with Gasteiger partial charge in [-0.2, -0.15) is 0 Å². The van der Waals surface area contributed by atoms with Crippen molar-refractivity contribution in [1.82, 2.24) is 4.98 Å². The molecule has 0 aliphatic rings. The van der Waals surface area contributed by atoms with Crippen molar-refractivity contribution in [2.24, 2.45) is 0 Å². The van der Waals surface area contributed by atoms with Gasteiger partial charge in [-0.25, -0.2) is 4.98 Å². The molecule has 3 nitrogen and oxygen atoms in total. The molecule has 2 N–H and O–H groups in total. The number of hydrogen-bond acceptors (Lipinski definition) is 4. The topological polar surface area (TPSA) is 42.2 Å². The molecule has 0 spiro atoms. The zero-order valence-electron chi connectivity index (χ0n) is 11.6. The number of anilines is 3. The lowest BCUT2D eigenvalue weighted by Crippen LogP contribution is -2.11. The van der Waals surface area contributed by atoms with E-state index in [-0.39, 0.29) is 0 Å². The summed E-state index contributed by atoms with van der Waals surface area (Å²) in [6, 6.07) is 12.7. The second-order valence-corrected chi connectivity index (χ2v) is 5.66. The van der Waals surface area contributed by atoms with Gasteiger partial charge in [0.1, 0.15) is 5.52 Å². The smallest absolute Gasteiger partial charge is 0.106 e. The van der Waals surface area contributed by atoms with Crippen molar-refractivity contribution >= 4 is 38.6 Å². The molecule has 0 saturated carbocycles. The molecule has 0 aliphatic heterocycles. The Kier molecular flexibility index (Phi) is 3.32. The average molecular weight is 283 g/mol.